The van der Waals surface area contributed by atoms with Crippen LogP contribution < -0.4 is 10.1 Å². The van der Waals surface area contributed by atoms with Gasteiger partial charge in [-0.25, -0.2) is 0 Å². The lowest BCUT2D eigenvalue weighted by atomic mass is 10.3. The van der Waals surface area contributed by atoms with Crippen LogP contribution in [0.4, 0.5) is 0 Å². The van der Waals surface area contributed by atoms with Gasteiger partial charge in [0, 0.05) is 28.2 Å². The molecule has 0 aliphatic carbocycles. The van der Waals surface area contributed by atoms with Gasteiger partial charge >= 0.3 is 0 Å². The summed E-state index contributed by atoms with van der Waals surface area (Å²) in [5, 5.41) is 13.1. The Hall–Kier alpha value is -1.01. The van der Waals surface area contributed by atoms with Crippen LogP contribution in [0.3, 0.4) is 0 Å². The molecule has 2 N–H and O–H groups in total. The Labute approximate surface area is 144 Å². The Kier molecular flexibility index (Phi) is 7.80. The molecular formula is C17H20BrNO2S. The molecule has 1 atom stereocenters. The maximum absolute atomic E-state index is 9.86. The van der Waals surface area contributed by atoms with E-state index in [1.807, 2.05) is 42.5 Å². The van der Waals surface area contributed by atoms with Crippen molar-refractivity contribution in [1.29, 1.82) is 0 Å². The Bertz CT molecular complexity index is 536. The molecule has 0 bridgehead atoms. The van der Waals surface area contributed by atoms with Crippen molar-refractivity contribution in [3.63, 3.8) is 0 Å². The molecular weight excluding hydrogens is 362 g/mol. The van der Waals surface area contributed by atoms with Gasteiger partial charge in [-0.1, -0.05) is 34.1 Å². The summed E-state index contributed by atoms with van der Waals surface area (Å²) in [6, 6.07) is 17.8. The van der Waals surface area contributed by atoms with E-state index >= 15 is 0 Å². The van der Waals surface area contributed by atoms with Gasteiger partial charge in [-0.15, -0.1) is 11.8 Å². The highest BCUT2D eigenvalue weighted by atomic mass is 79.9. The van der Waals surface area contributed by atoms with Gasteiger partial charge in [0.2, 0.25) is 0 Å². The molecule has 22 heavy (non-hydrogen) atoms. The molecule has 0 spiro atoms. The highest BCUT2D eigenvalue weighted by Gasteiger charge is 2.04. The highest BCUT2D eigenvalue weighted by Crippen LogP contribution is 2.19. The molecule has 2 aromatic carbocycles. The van der Waals surface area contributed by atoms with Gasteiger partial charge in [-0.2, -0.15) is 0 Å². The van der Waals surface area contributed by atoms with Crippen LogP contribution in [-0.4, -0.2) is 36.7 Å². The maximum atomic E-state index is 9.86. The van der Waals surface area contributed by atoms with Crippen molar-refractivity contribution in [3.8, 4) is 5.75 Å². The molecule has 0 aromatic heterocycles. The number of hydrogen-bond acceptors (Lipinski definition) is 4. The van der Waals surface area contributed by atoms with Gasteiger partial charge in [0.1, 0.15) is 18.5 Å². The fourth-order valence-corrected chi connectivity index (χ4v) is 2.88. The Balaban J connectivity index is 1.53. The van der Waals surface area contributed by atoms with E-state index < -0.39 is 6.10 Å². The van der Waals surface area contributed by atoms with Crippen LogP contribution in [0.5, 0.6) is 5.75 Å². The maximum Gasteiger partial charge on any atom is 0.119 e. The van der Waals surface area contributed by atoms with Crippen LogP contribution in [0.2, 0.25) is 0 Å². The molecule has 0 amide bonds. The predicted molar refractivity (Wildman–Crippen MR) is 95.7 cm³/mol. The molecule has 2 aromatic rings. The first-order chi connectivity index (χ1) is 10.7. The summed E-state index contributed by atoms with van der Waals surface area (Å²) in [7, 11) is 0. The summed E-state index contributed by atoms with van der Waals surface area (Å²) in [5.74, 6) is 1.75. The molecule has 118 valence electrons. The summed E-state index contributed by atoms with van der Waals surface area (Å²) in [5.41, 5.74) is 0. The van der Waals surface area contributed by atoms with Crippen LogP contribution in [-0.2, 0) is 0 Å². The van der Waals surface area contributed by atoms with Crippen LogP contribution in [0.1, 0.15) is 0 Å². The van der Waals surface area contributed by atoms with E-state index in [0.29, 0.717) is 13.2 Å². The van der Waals surface area contributed by atoms with Crippen LogP contribution in [0.25, 0.3) is 0 Å². The Morgan fingerprint density at radius 1 is 1.09 bits per heavy atom. The standard InChI is InChI=1S/C17H20BrNO2S/c18-14-6-8-17(9-7-14)22-11-10-19-12-15(20)13-21-16-4-2-1-3-5-16/h1-9,15,19-20H,10-13H2/t15-/m1/s1. The minimum atomic E-state index is -0.502. The average Bonchev–Trinajstić information content (AvgIpc) is 2.55. The largest absolute Gasteiger partial charge is 0.491 e. The van der Waals surface area contributed by atoms with Crippen molar-refractivity contribution in [2.24, 2.45) is 0 Å². The number of benzene rings is 2. The first-order valence-electron chi connectivity index (χ1n) is 7.19. The van der Waals surface area contributed by atoms with Gasteiger partial charge in [0.05, 0.1) is 0 Å². The van der Waals surface area contributed by atoms with Crippen molar-refractivity contribution in [3.05, 3.63) is 59.1 Å². The molecule has 0 saturated carbocycles. The molecule has 0 saturated heterocycles. The van der Waals surface area contributed by atoms with Crippen molar-refractivity contribution in [1.82, 2.24) is 5.32 Å². The smallest absolute Gasteiger partial charge is 0.119 e. The van der Waals surface area contributed by atoms with Crippen molar-refractivity contribution >= 4 is 27.7 Å². The number of nitrogens with one attached hydrogen (secondary N) is 1. The van der Waals surface area contributed by atoms with Crippen LogP contribution in [0, 0.1) is 0 Å². The van der Waals surface area contributed by atoms with E-state index in [9.17, 15) is 5.11 Å². The normalized spacial score (nSPS) is 12.1. The van der Waals surface area contributed by atoms with Crippen molar-refractivity contribution < 1.29 is 9.84 Å². The summed E-state index contributed by atoms with van der Waals surface area (Å²) < 4.78 is 6.60. The number of aliphatic hydroxyl groups is 1. The average molecular weight is 382 g/mol. The summed E-state index contributed by atoms with van der Waals surface area (Å²) in [6.45, 7) is 1.69. The van der Waals surface area contributed by atoms with Crippen LogP contribution in [0.15, 0.2) is 64.0 Å². The minimum absolute atomic E-state index is 0.302. The molecule has 0 aliphatic heterocycles. The second kappa shape index (κ2) is 9.90. The monoisotopic (exact) mass is 381 g/mol. The number of aliphatic hydroxyl groups excluding tert-OH is 1. The summed E-state index contributed by atoms with van der Waals surface area (Å²) in [6.07, 6.45) is -0.502. The zero-order chi connectivity index (χ0) is 15.6. The zero-order valence-electron chi connectivity index (χ0n) is 12.2. The lowest BCUT2D eigenvalue weighted by molar-refractivity contribution is 0.107. The number of halogens is 1. The van der Waals surface area contributed by atoms with Gasteiger partial charge in [0.25, 0.3) is 0 Å². The zero-order valence-corrected chi connectivity index (χ0v) is 14.6. The molecule has 3 nitrogen and oxygen atoms in total. The first-order valence-corrected chi connectivity index (χ1v) is 8.97. The van der Waals surface area contributed by atoms with Gasteiger partial charge in [0.15, 0.2) is 0 Å². The number of para-hydroxylation sites is 1. The van der Waals surface area contributed by atoms with Crippen LogP contribution >= 0.6 is 27.7 Å². The van der Waals surface area contributed by atoms with Gasteiger partial charge in [-0.05, 0) is 36.4 Å². The molecule has 0 radical (unpaired) electrons. The van der Waals surface area contributed by atoms with E-state index in [2.05, 4.69) is 33.4 Å². The molecule has 0 heterocycles. The Morgan fingerprint density at radius 2 is 1.82 bits per heavy atom. The van der Waals surface area contributed by atoms with E-state index in [0.717, 1.165) is 22.5 Å². The lowest BCUT2D eigenvalue weighted by Gasteiger charge is -2.13. The second-order valence-electron chi connectivity index (χ2n) is 4.78. The van der Waals surface area contributed by atoms with E-state index in [4.69, 9.17) is 4.74 Å². The van der Waals surface area contributed by atoms with Gasteiger partial charge < -0.3 is 15.2 Å². The number of hydrogen-bond donors (Lipinski definition) is 2. The van der Waals surface area contributed by atoms with Gasteiger partial charge in [-0.3, -0.25) is 0 Å². The third kappa shape index (κ3) is 6.83. The highest BCUT2D eigenvalue weighted by molar-refractivity contribution is 9.10. The second-order valence-corrected chi connectivity index (χ2v) is 6.87. The molecule has 0 fully saturated rings. The predicted octanol–water partition coefficient (Wildman–Crippen LogP) is 3.57. The minimum Gasteiger partial charge on any atom is -0.491 e. The number of ether oxygens (including phenoxy) is 1. The van der Waals surface area contributed by atoms with E-state index in [1.165, 1.54) is 4.90 Å². The number of thioether (sulfide) groups is 1. The molecule has 0 unspecified atom stereocenters. The van der Waals surface area contributed by atoms with E-state index in [1.54, 1.807) is 11.8 Å². The third-order valence-corrected chi connectivity index (χ3v) is 4.47. The third-order valence-electron chi connectivity index (χ3n) is 2.93. The fraction of sp³-hybridized carbons (Fsp3) is 0.294. The topological polar surface area (TPSA) is 41.5 Å². The molecule has 2 rings (SSSR count). The molecule has 5 heteroatoms. The quantitative estimate of drug-likeness (QED) is 0.514. The van der Waals surface area contributed by atoms with E-state index in [-0.39, 0.29) is 0 Å². The summed E-state index contributed by atoms with van der Waals surface area (Å²) >= 11 is 5.22. The first kappa shape index (κ1) is 17.3. The van der Waals surface area contributed by atoms with Crippen molar-refractivity contribution in [2.45, 2.75) is 11.0 Å². The lowest BCUT2D eigenvalue weighted by Crippen LogP contribution is -2.32. The Morgan fingerprint density at radius 3 is 2.55 bits per heavy atom. The van der Waals surface area contributed by atoms with Crippen molar-refractivity contribution in [2.75, 3.05) is 25.4 Å². The number of rotatable bonds is 9. The fourth-order valence-electron chi connectivity index (χ4n) is 1.81. The summed E-state index contributed by atoms with van der Waals surface area (Å²) in [4.78, 5) is 1.25. The molecule has 0 aliphatic rings. The SMILES string of the molecule is O[C@H](CNCCSc1ccc(Br)cc1)COc1ccccc1.